The predicted molar refractivity (Wildman–Crippen MR) is 109 cm³/mol. The Morgan fingerprint density at radius 1 is 1.00 bits per heavy atom. The first-order valence-electron chi connectivity index (χ1n) is 8.72. The number of hydrogen-bond donors (Lipinski definition) is 2. The average Bonchev–Trinajstić information content (AvgIpc) is 2.68. The SMILES string of the molecule is Cc1ccccc1CNc1ncc(C(=O)Nc2ccc(N(C)C)cc2)cn1. The minimum atomic E-state index is -0.238. The first kappa shape index (κ1) is 18.4. The highest BCUT2D eigenvalue weighted by Crippen LogP contribution is 2.16. The van der Waals surface area contributed by atoms with E-state index < -0.39 is 0 Å². The number of carbonyl (C=O) groups excluding carboxylic acids is 1. The number of amides is 1. The van der Waals surface area contributed by atoms with Crippen molar-refractivity contribution in [1.29, 1.82) is 0 Å². The quantitative estimate of drug-likeness (QED) is 0.700. The van der Waals surface area contributed by atoms with Crippen molar-refractivity contribution in [2.45, 2.75) is 13.5 Å². The van der Waals surface area contributed by atoms with Crippen molar-refractivity contribution in [3.8, 4) is 0 Å². The van der Waals surface area contributed by atoms with Crippen molar-refractivity contribution >= 4 is 23.2 Å². The van der Waals surface area contributed by atoms with Gasteiger partial charge in [0.05, 0.1) is 5.56 Å². The van der Waals surface area contributed by atoms with Crippen LogP contribution in [0.25, 0.3) is 0 Å². The van der Waals surface area contributed by atoms with Crippen LogP contribution in [0.4, 0.5) is 17.3 Å². The highest BCUT2D eigenvalue weighted by molar-refractivity contribution is 6.03. The molecule has 0 saturated heterocycles. The summed E-state index contributed by atoms with van der Waals surface area (Å²) in [5.74, 6) is 0.253. The van der Waals surface area contributed by atoms with Gasteiger partial charge in [-0.15, -0.1) is 0 Å². The van der Waals surface area contributed by atoms with E-state index in [4.69, 9.17) is 0 Å². The molecule has 0 atom stereocenters. The smallest absolute Gasteiger partial charge is 0.258 e. The summed E-state index contributed by atoms with van der Waals surface area (Å²) in [5, 5.41) is 6.03. The van der Waals surface area contributed by atoms with Crippen LogP contribution >= 0.6 is 0 Å². The number of rotatable bonds is 6. The number of hydrogen-bond acceptors (Lipinski definition) is 5. The minimum absolute atomic E-state index is 0.238. The van der Waals surface area contributed by atoms with E-state index in [9.17, 15) is 4.79 Å². The van der Waals surface area contributed by atoms with Crippen molar-refractivity contribution in [2.24, 2.45) is 0 Å². The molecule has 3 aromatic rings. The van der Waals surface area contributed by atoms with Gasteiger partial charge >= 0.3 is 0 Å². The highest BCUT2D eigenvalue weighted by atomic mass is 16.1. The molecule has 0 unspecified atom stereocenters. The van der Waals surface area contributed by atoms with Crippen LogP contribution in [-0.4, -0.2) is 30.0 Å². The zero-order chi connectivity index (χ0) is 19.2. The summed E-state index contributed by atoms with van der Waals surface area (Å²) in [5.41, 5.74) is 4.60. The number of aryl methyl sites for hydroxylation is 1. The van der Waals surface area contributed by atoms with Gasteiger partial charge in [0.25, 0.3) is 5.91 Å². The second-order valence-electron chi connectivity index (χ2n) is 6.47. The first-order valence-corrected chi connectivity index (χ1v) is 8.72. The fraction of sp³-hybridized carbons (Fsp3) is 0.190. The van der Waals surface area contributed by atoms with Gasteiger partial charge in [-0.05, 0) is 42.3 Å². The fourth-order valence-electron chi connectivity index (χ4n) is 2.57. The Bertz CT molecular complexity index is 905. The van der Waals surface area contributed by atoms with E-state index in [2.05, 4.69) is 39.7 Å². The van der Waals surface area contributed by atoms with Gasteiger partial charge in [0.15, 0.2) is 0 Å². The lowest BCUT2D eigenvalue weighted by Gasteiger charge is -2.13. The lowest BCUT2D eigenvalue weighted by molar-refractivity contribution is 0.102. The van der Waals surface area contributed by atoms with Gasteiger partial charge in [-0.25, -0.2) is 9.97 Å². The molecule has 138 valence electrons. The molecule has 6 heteroatoms. The molecule has 0 saturated carbocycles. The second kappa shape index (κ2) is 8.31. The van der Waals surface area contributed by atoms with E-state index in [0.717, 1.165) is 11.4 Å². The summed E-state index contributed by atoms with van der Waals surface area (Å²) in [7, 11) is 3.94. The molecule has 27 heavy (non-hydrogen) atoms. The van der Waals surface area contributed by atoms with E-state index in [1.165, 1.54) is 23.5 Å². The van der Waals surface area contributed by atoms with Crippen LogP contribution in [0.5, 0.6) is 0 Å². The Morgan fingerprint density at radius 2 is 1.67 bits per heavy atom. The maximum atomic E-state index is 12.3. The molecule has 2 aromatic carbocycles. The topological polar surface area (TPSA) is 70.2 Å². The van der Waals surface area contributed by atoms with E-state index in [-0.39, 0.29) is 5.91 Å². The normalized spacial score (nSPS) is 10.3. The van der Waals surface area contributed by atoms with Crippen LogP contribution < -0.4 is 15.5 Å². The average molecular weight is 361 g/mol. The molecule has 0 spiro atoms. The van der Waals surface area contributed by atoms with Crippen LogP contribution in [0, 0.1) is 6.92 Å². The molecule has 0 fully saturated rings. The summed E-state index contributed by atoms with van der Waals surface area (Å²) >= 11 is 0. The van der Waals surface area contributed by atoms with Gasteiger partial charge < -0.3 is 15.5 Å². The van der Waals surface area contributed by atoms with Crippen molar-refractivity contribution in [1.82, 2.24) is 9.97 Å². The van der Waals surface area contributed by atoms with Gasteiger partial charge in [-0.2, -0.15) is 0 Å². The Labute approximate surface area is 159 Å². The fourth-order valence-corrected chi connectivity index (χ4v) is 2.57. The summed E-state index contributed by atoms with van der Waals surface area (Å²) in [4.78, 5) is 22.8. The van der Waals surface area contributed by atoms with Crippen molar-refractivity contribution in [3.63, 3.8) is 0 Å². The molecule has 1 heterocycles. The van der Waals surface area contributed by atoms with Crippen LogP contribution in [0.1, 0.15) is 21.5 Å². The molecule has 1 aromatic heterocycles. The maximum Gasteiger partial charge on any atom is 0.258 e. The highest BCUT2D eigenvalue weighted by Gasteiger charge is 2.08. The minimum Gasteiger partial charge on any atom is -0.378 e. The third kappa shape index (κ3) is 4.82. The summed E-state index contributed by atoms with van der Waals surface area (Å²) in [6.07, 6.45) is 3.05. The molecule has 0 aliphatic rings. The monoisotopic (exact) mass is 361 g/mol. The first-order chi connectivity index (χ1) is 13.0. The Kier molecular flexibility index (Phi) is 5.66. The number of carbonyl (C=O) groups is 1. The van der Waals surface area contributed by atoms with Gasteiger partial charge in [-0.3, -0.25) is 4.79 Å². The van der Waals surface area contributed by atoms with E-state index in [1.807, 2.05) is 55.4 Å². The second-order valence-corrected chi connectivity index (χ2v) is 6.47. The van der Waals surface area contributed by atoms with Gasteiger partial charge in [-0.1, -0.05) is 24.3 Å². The predicted octanol–water partition coefficient (Wildman–Crippen LogP) is 3.72. The van der Waals surface area contributed by atoms with E-state index >= 15 is 0 Å². The van der Waals surface area contributed by atoms with Crippen LogP contribution in [-0.2, 0) is 6.54 Å². The van der Waals surface area contributed by atoms with Crippen LogP contribution in [0.2, 0.25) is 0 Å². The number of aromatic nitrogens is 2. The third-order valence-corrected chi connectivity index (χ3v) is 4.25. The van der Waals surface area contributed by atoms with Gasteiger partial charge in [0.2, 0.25) is 5.95 Å². The third-order valence-electron chi connectivity index (χ3n) is 4.25. The summed E-state index contributed by atoms with van der Waals surface area (Å²) in [6.45, 7) is 2.70. The lowest BCUT2D eigenvalue weighted by atomic mass is 10.1. The van der Waals surface area contributed by atoms with E-state index in [1.54, 1.807) is 0 Å². The molecule has 0 aliphatic heterocycles. The van der Waals surface area contributed by atoms with Crippen molar-refractivity contribution in [3.05, 3.63) is 77.6 Å². The Hall–Kier alpha value is -3.41. The molecule has 1 amide bonds. The van der Waals surface area contributed by atoms with Crippen LogP contribution in [0.3, 0.4) is 0 Å². The molecule has 2 N–H and O–H groups in total. The summed E-state index contributed by atoms with van der Waals surface area (Å²) in [6, 6.07) is 15.8. The van der Waals surface area contributed by atoms with Gasteiger partial charge in [0, 0.05) is 44.4 Å². The number of benzene rings is 2. The molecular weight excluding hydrogens is 338 g/mol. The largest absolute Gasteiger partial charge is 0.378 e. The molecular formula is C21H23N5O. The standard InChI is InChI=1S/C21H23N5O/c1-15-6-4-5-7-16(15)12-22-21-23-13-17(14-24-21)20(27)25-18-8-10-19(11-9-18)26(2)3/h4-11,13-14H,12H2,1-3H3,(H,25,27)(H,22,23,24). The molecule has 0 radical (unpaired) electrons. The molecule has 0 bridgehead atoms. The number of nitrogens with zero attached hydrogens (tertiary/aromatic N) is 3. The van der Waals surface area contributed by atoms with Crippen molar-refractivity contribution < 1.29 is 4.79 Å². The van der Waals surface area contributed by atoms with E-state index in [0.29, 0.717) is 18.1 Å². The van der Waals surface area contributed by atoms with Crippen molar-refractivity contribution in [2.75, 3.05) is 29.6 Å². The zero-order valence-electron chi connectivity index (χ0n) is 15.7. The van der Waals surface area contributed by atoms with Gasteiger partial charge in [0.1, 0.15) is 0 Å². The number of anilines is 3. The molecule has 6 nitrogen and oxygen atoms in total. The Morgan fingerprint density at radius 3 is 2.30 bits per heavy atom. The zero-order valence-corrected chi connectivity index (χ0v) is 15.7. The lowest BCUT2D eigenvalue weighted by Crippen LogP contribution is -2.14. The maximum absolute atomic E-state index is 12.3. The van der Waals surface area contributed by atoms with Crippen LogP contribution in [0.15, 0.2) is 60.9 Å². The molecule has 0 aliphatic carbocycles. The Balaban J connectivity index is 1.59. The number of nitrogens with one attached hydrogen (secondary N) is 2. The molecule has 3 rings (SSSR count). The summed E-state index contributed by atoms with van der Waals surface area (Å²) < 4.78 is 0.